The number of phenols is 1. The first kappa shape index (κ1) is 12.1. The average Bonchev–Trinajstić information content (AvgIpc) is 2.40. The van der Waals surface area contributed by atoms with Crippen molar-refractivity contribution in [3.8, 4) is 11.5 Å². The Morgan fingerprint density at radius 3 is 1.89 bits per heavy atom. The molecule has 4 nitrogen and oxygen atoms in total. The van der Waals surface area contributed by atoms with Gasteiger partial charge in [0.15, 0.2) is 0 Å². The smallest absolute Gasteiger partial charge is 0.119 e. The number of ether oxygens (including phenoxy) is 1. The predicted molar refractivity (Wildman–Crippen MR) is 69.9 cm³/mol. The van der Waals surface area contributed by atoms with Gasteiger partial charge in [0.25, 0.3) is 0 Å². The molecule has 2 aromatic rings. The molecule has 0 aliphatic rings. The first-order chi connectivity index (χ1) is 8.78. The van der Waals surface area contributed by atoms with E-state index >= 15 is 0 Å². The standard InChI is InChI=1S/C14H14N2O2/c1-2-18-14-9-5-12(6-10-14)16-15-11-3-7-13(17)8-4-11/h3-10,17H,2H2,1H3/b16-15+. The van der Waals surface area contributed by atoms with Crippen LogP contribution in [0.2, 0.25) is 0 Å². The molecule has 4 heteroatoms. The second-order valence-electron chi connectivity index (χ2n) is 3.64. The van der Waals surface area contributed by atoms with Crippen molar-refractivity contribution in [2.45, 2.75) is 6.92 Å². The van der Waals surface area contributed by atoms with Crippen molar-refractivity contribution in [3.05, 3.63) is 48.5 Å². The van der Waals surface area contributed by atoms with Crippen LogP contribution in [0, 0.1) is 0 Å². The van der Waals surface area contributed by atoms with E-state index in [2.05, 4.69) is 10.2 Å². The quantitative estimate of drug-likeness (QED) is 0.816. The van der Waals surface area contributed by atoms with Crippen LogP contribution in [0.3, 0.4) is 0 Å². The normalized spacial score (nSPS) is 10.7. The molecule has 0 aliphatic carbocycles. The van der Waals surface area contributed by atoms with Gasteiger partial charge in [-0.2, -0.15) is 10.2 Å². The summed E-state index contributed by atoms with van der Waals surface area (Å²) in [4.78, 5) is 0. The van der Waals surface area contributed by atoms with Crippen molar-refractivity contribution in [3.63, 3.8) is 0 Å². The number of azo groups is 1. The molecule has 0 saturated heterocycles. The van der Waals surface area contributed by atoms with Crippen LogP contribution in [-0.2, 0) is 0 Å². The van der Waals surface area contributed by atoms with Crippen molar-refractivity contribution in [1.82, 2.24) is 0 Å². The van der Waals surface area contributed by atoms with Crippen LogP contribution in [-0.4, -0.2) is 11.7 Å². The maximum absolute atomic E-state index is 9.14. The molecule has 92 valence electrons. The zero-order valence-corrected chi connectivity index (χ0v) is 10.1. The molecule has 0 saturated carbocycles. The molecule has 2 aromatic carbocycles. The number of phenolic OH excluding ortho intramolecular Hbond substituents is 1. The minimum Gasteiger partial charge on any atom is -0.508 e. The minimum atomic E-state index is 0.218. The predicted octanol–water partition coefficient (Wildman–Crippen LogP) is 4.21. The molecule has 0 atom stereocenters. The topological polar surface area (TPSA) is 54.2 Å². The summed E-state index contributed by atoms with van der Waals surface area (Å²) in [5.41, 5.74) is 1.45. The summed E-state index contributed by atoms with van der Waals surface area (Å²) in [7, 11) is 0. The van der Waals surface area contributed by atoms with Gasteiger partial charge in [0.05, 0.1) is 18.0 Å². The lowest BCUT2D eigenvalue weighted by molar-refractivity contribution is 0.340. The van der Waals surface area contributed by atoms with Crippen LogP contribution in [0.25, 0.3) is 0 Å². The lowest BCUT2D eigenvalue weighted by Crippen LogP contribution is -1.89. The van der Waals surface area contributed by atoms with Crippen molar-refractivity contribution in [2.75, 3.05) is 6.61 Å². The van der Waals surface area contributed by atoms with E-state index in [0.717, 1.165) is 11.4 Å². The highest BCUT2D eigenvalue weighted by atomic mass is 16.5. The zero-order chi connectivity index (χ0) is 12.8. The minimum absolute atomic E-state index is 0.218. The first-order valence-corrected chi connectivity index (χ1v) is 5.71. The van der Waals surface area contributed by atoms with E-state index in [-0.39, 0.29) is 5.75 Å². The molecule has 0 unspecified atom stereocenters. The third-order valence-electron chi connectivity index (χ3n) is 2.28. The Bertz CT molecular complexity index is 518. The summed E-state index contributed by atoms with van der Waals surface area (Å²) < 4.78 is 5.34. The van der Waals surface area contributed by atoms with Crippen LogP contribution in [0.4, 0.5) is 11.4 Å². The Morgan fingerprint density at radius 2 is 1.39 bits per heavy atom. The lowest BCUT2D eigenvalue weighted by atomic mass is 10.3. The number of aromatic hydroxyl groups is 1. The number of nitrogens with zero attached hydrogens (tertiary/aromatic N) is 2. The van der Waals surface area contributed by atoms with Gasteiger partial charge in [0, 0.05) is 0 Å². The average molecular weight is 242 g/mol. The summed E-state index contributed by atoms with van der Waals surface area (Å²) >= 11 is 0. The summed E-state index contributed by atoms with van der Waals surface area (Å²) in [6, 6.07) is 14.0. The summed E-state index contributed by atoms with van der Waals surface area (Å²) in [6.45, 7) is 2.59. The van der Waals surface area contributed by atoms with Gasteiger partial charge in [-0.3, -0.25) is 0 Å². The Labute approximate surface area is 106 Å². The van der Waals surface area contributed by atoms with Gasteiger partial charge in [-0.1, -0.05) is 0 Å². The molecule has 2 rings (SSSR count). The van der Waals surface area contributed by atoms with E-state index < -0.39 is 0 Å². The Kier molecular flexibility index (Phi) is 3.91. The summed E-state index contributed by atoms with van der Waals surface area (Å²) in [5, 5.41) is 17.3. The fraction of sp³-hybridized carbons (Fsp3) is 0.143. The molecule has 0 radical (unpaired) electrons. The highest BCUT2D eigenvalue weighted by molar-refractivity contribution is 5.43. The number of hydrogen-bond acceptors (Lipinski definition) is 4. The molecule has 0 bridgehead atoms. The van der Waals surface area contributed by atoms with Gasteiger partial charge in [0.1, 0.15) is 11.5 Å². The Morgan fingerprint density at radius 1 is 0.889 bits per heavy atom. The van der Waals surface area contributed by atoms with E-state index in [0.29, 0.717) is 12.3 Å². The number of rotatable bonds is 4. The summed E-state index contributed by atoms with van der Waals surface area (Å²) in [5.74, 6) is 1.04. The molecule has 1 N–H and O–H groups in total. The molecule has 0 spiro atoms. The molecule has 18 heavy (non-hydrogen) atoms. The number of hydrogen-bond donors (Lipinski definition) is 1. The van der Waals surface area contributed by atoms with E-state index in [1.807, 2.05) is 31.2 Å². The van der Waals surface area contributed by atoms with Gasteiger partial charge < -0.3 is 9.84 Å². The highest BCUT2D eigenvalue weighted by Crippen LogP contribution is 2.22. The van der Waals surface area contributed by atoms with E-state index in [4.69, 9.17) is 9.84 Å². The van der Waals surface area contributed by atoms with E-state index in [1.54, 1.807) is 24.3 Å². The molecule has 0 aromatic heterocycles. The van der Waals surface area contributed by atoms with Crippen molar-refractivity contribution >= 4 is 11.4 Å². The van der Waals surface area contributed by atoms with Gasteiger partial charge >= 0.3 is 0 Å². The van der Waals surface area contributed by atoms with Gasteiger partial charge in [0.2, 0.25) is 0 Å². The van der Waals surface area contributed by atoms with Crippen LogP contribution < -0.4 is 4.74 Å². The SMILES string of the molecule is CCOc1ccc(/N=N/c2ccc(O)cc2)cc1. The maximum atomic E-state index is 9.14. The van der Waals surface area contributed by atoms with Crippen molar-refractivity contribution < 1.29 is 9.84 Å². The largest absolute Gasteiger partial charge is 0.508 e. The monoisotopic (exact) mass is 242 g/mol. The van der Waals surface area contributed by atoms with Crippen LogP contribution in [0.5, 0.6) is 11.5 Å². The second kappa shape index (κ2) is 5.82. The van der Waals surface area contributed by atoms with Gasteiger partial charge in [-0.05, 0) is 55.5 Å². The Balaban J connectivity index is 2.06. The fourth-order valence-corrected chi connectivity index (χ4v) is 1.41. The molecule has 0 fully saturated rings. The van der Waals surface area contributed by atoms with Gasteiger partial charge in [-0.25, -0.2) is 0 Å². The number of benzene rings is 2. The van der Waals surface area contributed by atoms with Crippen LogP contribution >= 0.6 is 0 Å². The Hall–Kier alpha value is -2.36. The van der Waals surface area contributed by atoms with E-state index in [1.165, 1.54) is 0 Å². The highest BCUT2D eigenvalue weighted by Gasteiger charge is 1.94. The third kappa shape index (κ3) is 3.31. The zero-order valence-electron chi connectivity index (χ0n) is 10.1. The van der Waals surface area contributed by atoms with Gasteiger partial charge in [-0.15, -0.1) is 0 Å². The fourth-order valence-electron chi connectivity index (χ4n) is 1.41. The van der Waals surface area contributed by atoms with E-state index in [9.17, 15) is 0 Å². The van der Waals surface area contributed by atoms with Crippen molar-refractivity contribution in [2.24, 2.45) is 10.2 Å². The molecule has 0 heterocycles. The third-order valence-corrected chi connectivity index (χ3v) is 2.28. The molecular formula is C14H14N2O2. The molecule has 0 aliphatic heterocycles. The van der Waals surface area contributed by atoms with Crippen LogP contribution in [0.15, 0.2) is 58.8 Å². The summed E-state index contributed by atoms with van der Waals surface area (Å²) in [6.07, 6.45) is 0. The first-order valence-electron chi connectivity index (χ1n) is 5.71. The maximum Gasteiger partial charge on any atom is 0.119 e. The second-order valence-corrected chi connectivity index (χ2v) is 3.64. The molecule has 0 amide bonds. The lowest BCUT2D eigenvalue weighted by Gasteiger charge is -2.01. The van der Waals surface area contributed by atoms with Crippen LogP contribution in [0.1, 0.15) is 6.92 Å². The van der Waals surface area contributed by atoms with Crippen molar-refractivity contribution in [1.29, 1.82) is 0 Å². The molecular weight excluding hydrogens is 228 g/mol.